The lowest BCUT2D eigenvalue weighted by atomic mass is 9.79. The van der Waals surface area contributed by atoms with Gasteiger partial charge in [0.05, 0.1) is 16.2 Å². The Morgan fingerprint density at radius 1 is 0.667 bits per heavy atom. The van der Waals surface area contributed by atoms with Gasteiger partial charge in [-0.1, -0.05) is 54.1 Å². The van der Waals surface area contributed by atoms with Gasteiger partial charge in [0.2, 0.25) is 0 Å². The van der Waals surface area contributed by atoms with Crippen molar-refractivity contribution in [3.05, 3.63) is 77.8 Å². The molecule has 0 amide bonds. The van der Waals surface area contributed by atoms with E-state index in [1.54, 1.807) is 0 Å². The molecule has 4 nitrogen and oxygen atoms in total. The molecule has 36 heavy (non-hydrogen) atoms. The van der Waals surface area contributed by atoms with E-state index in [9.17, 15) is 0 Å². The van der Waals surface area contributed by atoms with Crippen molar-refractivity contribution in [2.45, 2.75) is 38.9 Å². The van der Waals surface area contributed by atoms with Gasteiger partial charge in [0.15, 0.2) is 0 Å². The Labute approximate surface area is 214 Å². The summed E-state index contributed by atoms with van der Waals surface area (Å²) in [6, 6.07) is 24.2. The van der Waals surface area contributed by atoms with Crippen LogP contribution in [0.5, 0.6) is 11.5 Å². The van der Waals surface area contributed by atoms with E-state index in [4.69, 9.17) is 30.1 Å². The molecule has 1 aromatic heterocycles. The zero-order chi connectivity index (χ0) is 24.8. The third-order valence-corrected chi connectivity index (χ3v) is 8.11. The second-order valence-corrected chi connectivity index (χ2v) is 10.9. The van der Waals surface area contributed by atoms with Crippen LogP contribution in [0.3, 0.4) is 0 Å². The van der Waals surface area contributed by atoms with Gasteiger partial charge in [0.1, 0.15) is 22.7 Å². The van der Waals surface area contributed by atoms with E-state index in [2.05, 4.69) is 30.3 Å². The van der Waals surface area contributed by atoms with Crippen molar-refractivity contribution >= 4 is 67.7 Å². The molecule has 2 heterocycles. The molecule has 1 saturated heterocycles. The highest BCUT2D eigenvalue weighted by molar-refractivity contribution is 6.62. The van der Waals surface area contributed by atoms with Gasteiger partial charge >= 0.3 is 7.12 Å². The summed E-state index contributed by atoms with van der Waals surface area (Å²) < 4.78 is 25.1. The maximum Gasteiger partial charge on any atom is 0.494 e. The van der Waals surface area contributed by atoms with Crippen molar-refractivity contribution in [1.82, 2.24) is 0 Å². The van der Waals surface area contributed by atoms with Crippen LogP contribution in [-0.4, -0.2) is 18.3 Å². The summed E-state index contributed by atoms with van der Waals surface area (Å²) in [6.07, 6.45) is 0. The van der Waals surface area contributed by atoms with Gasteiger partial charge in [-0.05, 0) is 79.6 Å². The molecule has 0 radical (unpaired) electrons. The number of hydrogen-bond acceptors (Lipinski definition) is 4. The Morgan fingerprint density at radius 2 is 1.31 bits per heavy atom. The average molecular weight is 495 g/mol. The molecule has 1 fully saturated rings. The molecule has 1 aliphatic heterocycles. The standard InChI is InChI=1S/C30H24BClO4/c1-29(2)30(3,4)36-31(35-29)17-12-13-22(21(32)16-17)33-24-14-15-25-28-26-20(10-7-11-23(26)34-25)18-8-5-6-9-19(18)27(24)28/h5-16H,1-4H3. The van der Waals surface area contributed by atoms with Gasteiger partial charge in [0, 0.05) is 16.2 Å². The van der Waals surface area contributed by atoms with Crippen LogP contribution in [0, 0.1) is 0 Å². The van der Waals surface area contributed by atoms with E-state index in [1.165, 1.54) is 5.39 Å². The Kier molecular flexibility index (Phi) is 4.51. The summed E-state index contributed by atoms with van der Waals surface area (Å²) in [7, 11) is -0.485. The maximum absolute atomic E-state index is 6.75. The molecule has 0 atom stereocenters. The van der Waals surface area contributed by atoms with Crippen LogP contribution in [0.4, 0.5) is 0 Å². The smallest absolute Gasteiger partial charge is 0.456 e. The average Bonchev–Trinajstić information content (AvgIpc) is 3.33. The van der Waals surface area contributed by atoms with Crippen molar-refractivity contribution in [3.8, 4) is 11.5 Å². The van der Waals surface area contributed by atoms with Gasteiger partial charge in [-0.25, -0.2) is 0 Å². The summed E-state index contributed by atoms with van der Waals surface area (Å²) in [5.41, 5.74) is 1.74. The molecule has 0 bridgehead atoms. The largest absolute Gasteiger partial charge is 0.494 e. The third-order valence-electron chi connectivity index (χ3n) is 7.81. The van der Waals surface area contributed by atoms with E-state index >= 15 is 0 Å². The fourth-order valence-electron chi connectivity index (χ4n) is 5.25. The molecule has 7 rings (SSSR count). The second-order valence-electron chi connectivity index (χ2n) is 10.5. The molecule has 6 aromatic rings. The van der Waals surface area contributed by atoms with E-state index in [-0.39, 0.29) is 0 Å². The lowest BCUT2D eigenvalue weighted by Gasteiger charge is -2.32. The van der Waals surface area contributed by atoms with E-state index < -0.39 is 18.3 Å². The Morgan fingerprint density at radius 3 is 2.06 bits per heavy atom. The fraction of sp³-hybridized carbons (Fsp3) is 0.200. The van der Waals surface area contributed by atoms with Crippen LogP contribution >= 0.6 is 11.6 Å². The molecular weight excluding hydrogens is 471 g/mol. The fourth-order valence-corrected chi connectivity index (χ4v) is 5.47. The SMILES string of the molecule is CC1(C)OB(c2ccc(Oc3ccc4oc5cccc6c7ccccc7c3c4c56)c(Cl)c2)OC1(C)C. The second kappa shape index (κ2) is 7.39. The molecule has 0 N–H and O–H groups in total. The van der Waals surface area contributed by atoms with Crippen molar-refractivity contribution in [1.29, 1.82) is 0 Å². The Bertz CT molecular complexity index is 1790. The van der Waals surface area contributed by atoms with Crippen LogP contribution in [-0.2, 0) is 9.31 Å². The van der Waals surface area contributed by atoms with Crippen LogP contribution < -0.4 is 10.2 Å². The molecular formula is C30H24BClO4. The first-order chi connectivity index (χ1) is 17.2. The molecule has 178 valence electrons. The Hall–Kier alpha value is -3.25. The first kappa shape index (κ1) is 22.0. The molecule has 1 aliphatic rings. The van der Waals surface area contributed by atoms with Gasteiger partial charge in [0.25, 0.3) is 0 Å². The number of furan rings is 1. The molecule has 0 saturated carbocycles. The lowest BCUT2D eigenvalue weighted by molar-refractivity contribution is 0.00578. The molecule has 0 unspecified atom stereocenters. The predicted molar refractivity (Wildman–Crippen MR) is 147 cm³/mol. The van der Waals surface area contributed by atoms with Crippen LogP contribution in [0.1, 0.15) is 27.7 Å². The molecule has 5 aromatic carbocycles. The van der Waals surface area contributed by atoms with E-state index in [0.717, 1.165) is 49.3 Å². The highest BCUT2D eigenvalue weighted by Gasteiger charge is 2.51. The monoisotopic (exact) mass is 494 g/mol. The highest BCUT2D eigenvalue weighted by Crippen LogP contribution is 2.47. The van der Waals surface area contributed by atoms with E-state index in [1.807, 2.05) is 70.2 Å². The van der Waals surface area contributed by atoms with Crippen LogP contribution in [0.2, 0.25) is 5.02 Å². The van der Waals surface area contributed by atoms with E-state index in [0.29, 0.717) is 10.8 Å². The quantitative estimate of drug-likeness (QED) is 0.184. The Balaban J connectivity index is 1.35. The minimum atomic E-state index is -0.485. The van der Waals surface area contributed by atoms with Crippen molar-refractivity contribution in [2.75, 3.05) is 0 Å². The molecule has 0 spiro atoms. The summed E-state index contributed by atoms with van der Waals surface area (Å²) in [4.78, 5) is 0. The summed E-state index contributed by atoms with van der Waals surface area (Å²) in [5, 5.41) is 7.16. The van der Waals surface area contributed by atoms with Gasteiger partial charge in [-0.2, -0.15) is 0 Å². The highest BCUT2D eigenvalue weighted by atomic mass is 35.5. The summed E-state index contributed by atoms with van der Waals surface area (Å²) >= 11 is 6.75. The van der Waals surface area contributed by atoms with Gasteiger partial charge < -0.3 is 18.5 Å². The number of fused-ring (bicyclic) bond motifs is 3. The number of hydrogen-bond donors (Lipinski definition) is 0. The predicted octanol–water partition coefficient (Wildman–Crippen LogP) is 8.08. The topological polar surface area (TPSA) is 40.8 Å². The normalized spacial score (nSPS) is 17.2. The number of ether oxygens (including phenoxy) is 1. The van der Waals surface area contributed by atoms with Crippen LogP contribution in [0.25, 0.3) is 43.5 Å². The first-order valence-corrected chi connectivity index (χ1v) is 12.5. The lowest BCUT2D eigenvalue weighted by Crippen LogP contribution is -2.41. The summed E-state index contributed by atoms with van der Waals surface area (Å²) in [5.74, 6) is 1.31. The summed E-state index contributed by atoms with van der Waals surface area (Å²) in [6.45, 7) is 8.15. The van der Waals surface area contributed by atoms with Gasteiger partial charge in [-0.15, -0.1) is 0 Å². The minimum Gasteiger partial charge on any atom is -0.456 e. The van der Waals surface area contributed by atoms with Crippen molar-refractivity contribution in [2.24, 2.45) is 0 Å². The molecule has 0 aliphatic carbocycles. The molecule has 6 heteroatoms. The van der Waals surface area contributed by atoms with Crippen molar-refractivity contribution < 1.29 is 18.5 Å². The zero-order valence-corrected chi connectivity index (χ0v) is 21.3. The van der Waals surface area contributed by atoms with Gasteiger partial charge in [-0.3, -0.25) is 0 Å². The third kappa shape index (κ3) is 3.03. The number of rotatable bonds is 3. The maximum atomic E-state index is 6.75. The minimum absolute atomic E-state index is 0.420. The zero-order valence-electron chi connectivity index (χ0n) is 20.5. The number of halogens is 1. The number of benzene rings is 5. The first-order valence-electron chi connectivity index (χ1n) is 12.1. The van der Waals surface area contributed by atoms with Crippen LogP contribution in [0.15, 0.2) is 77.2 Å². The van der Waals surface area contributed by atoms with Crippen molar-refractivity contribution in [3.63, 3.8) is 0 Å².